The molecule has 246 valence electrons. The maximum Gasteiger partial charge on any atom is -0.0253 e. The van der Waals surface area contributed by atoms with Crippen LogP contribution in [0.3, 0.4) is 0 Å². The molecule has 1 aliphatic carbocycles. The summed E-state index contributed by atoms with van der Waals surface area (Å²) in [6, 6.07) is 42.9. The summed E-state index contributed by atoms with van der Waals surface area (Å²) < 4.78 is 1.42. The van der Waals surface area contributed by atoms with Crippen LogP contribution in [0.4, 0.5) is 0 Å². The van der Waals surface area contributed by atoms with Gasteiger partial charge in [-0.2, -0.15) is 53.1 Å². The van der Waals surface area contributed by atoms with Crippen molar-refractivity contribution in [1.29, 1.82) is 0 Å². The summed E-state index contributed by atoms with van der Waals surface area (Å²) in [7, 11) is 0. The van der Waals surface area contributed by atoms with Crippen LogP contribution in [0.2, 0.25) is 0 Å². The van der Waals surface area contributed by atoms with E-state index in [9.17, 15) is 0 Å². The third-order valence-electron chi connectivity index (χ3n) is 8.47. The van der Waals surface area contributed by atoms with Crippen molar-refractivity contribution in [2.75, 3.05) is 0 Å². The van der Waals surface area contributed by atoms with Gasteiger partial charge in [0.2, 0.25) is 0 Å². The van der Waals surface area contributed by atoms with Crippen LogP contribution in [0, 0.1) is 13.0 Å². The quantitative estimate of drug-likeness (QED) is 0.207. The van der Waals surface area contributed by atoms with E-state index >= 15 is 0 Å². The molecule has 0 nitrogen and oxygen atoms in total. The Labute approximate surface area is 313 Å². The van der Waals surface area contributed by atoms with Gasteiger partial charge in [-0.15, -0.1) is 5.56 Å². The standard InChI is InChI=1S/C21H26.C13H9.C10H15.2ClH.Zr/c1-20(2,3)18-11-7-16(8-12-18)15-17-9-13-19(14-10-17)21(4,5)6;1-3-7-12-10(5-1)9-11-6-2-4-8-13(11)12;1-8-5-6-9(7-8)10(2,3)4;;;/h7-14H,1-6H3;1-5,7-8H,9H2;5-7H,1-4H3;2*1H;/q;2*-1;;;+2/p-2. The van der Waals surface area contributed by atoms with Crippen LogP contribution in [0.5, 0.6) is 0 Å². The third-order valence-corrected chi connectivity index (χ3v) is 9.89. The second kappa shape index (κ2) is 16.8. The first kappa shape index (κ1) is 40.7. The summed E-state index contributed by atoms with van der Waals surface area (Å²) in [5.74, 6) is 0. The molecule has 0 unspecified atom stereocenters. The van der Waals surface area contributed by atoms with Crippen LogP contribution in [0.15, 0.2) is 109 Å². The van der Waals surface area contributed by atoms with Gasteiger partial charge in [0, 0.05) is 0 Å². The van der Waals surface area contributed by atoms with E-state index in [1.807, 2.05) is 6.07 Å². The zero-order chi connectivity index (χ0) is 33.0. The third kappa shape index (κ3) is 11.0. The number of aryl methyl sites for hydroxylation is 1. The molecule has 5 aromatic rings. The largest absolute Gasteiger partial charge is 1.00 e. The van der Waals surface area contributed by atoms with E-state index < -0.39 is 0 Å². The van der Waals surface area contributed by atoms with Gasteiger partial charge in [-0.05, 0) is 6.42 Å². The average molecular weight is 741 g/mol. The second-order valence-electron chi connectivity index (χ2n) is 15.4. The van der Waals surface area contributed by atoms with Crippen LogP contribution in [-0.2, 0) is 46.9 Å². The van der Waals surface area contributed by atoms with Crippen molar-refractivity contribution in [1.82, 2.24) is 0 Å². The smallest absolute Gasteiger partial charge is 0.0253 e. The van der Waals surface area contributed by atoms with E-state index in [-0.39, 0.29) is 35.6 Å². The molecule has 0 aromatic heterocycles. The Bertz CT molecular complexity index is 1620. The van der Waals surface area contributed by atoms with E-state index in [1.165, 1.54) is 83.1 Å². The summed E-state index contributed by atoms with van der Waals surface area (Å²) in [5.41, 5.74) is 14.5. The van der Waals surface area contributed by atoms with Crippen LogP contribution < -0.4 is 24.8 Å². The zero-order valence-corrected chi connectivity index (χ0v) is 33.8. The topological polar surface area (TPSA) is 0 Å². The summed E-state index contributed by atoms with van der Waals surface area (Å²) in [6.45, 7) is 22.4. The molecular formula is C44H50Cl2Zr-2. The maximum absolute atomic E-state index is 3.30. The number of benzene rings is 4. The van der Waals surface area contributed by atoms with E-state index in [4.69, 9.17) is 0 Å². The molecule has 0 aliphatic heterocycles. The maximum atomic E-state index is 3.30. The van der Waals surface area contributed by atoms with Crippen molar-refractivity contribution in [2.24, 2.45) is 0 Å². The van der Waals surface area contributed by atoms with Gasteiger partial charge in [0.05, 0.1) is 0 Å². The predicted octanol–water partition coefficient (Wildman–Crippen LogP) is 5.47. The van der Waals surface area contributed by atoms with Crippen molar-refractivity contribution in [3.05, 3.63) is 160 Å². The minimum Gasteiger partial charge on any atom is -1.00 e. The van der Waals surface area contributed by atoms with E-state index in [0.717, 1.165) is 6.42 Å². The van der Waals surface area contributed by atoms with Gasteiger partial charge in [-0.3, -0.25) is 0 Å². The Hall–Kier alpha value is -2.44. The predicted molar refractivity (Wildman–Crippen MR) is 192 cm³/mol. The number of rotatable bonds is 2. The van der Waals surface area contributed by atoms with E-state index in [0.29, 0.717) is 5.41 Å². The van der Waals surface area contributed by atoms with E-state index in [1.54, 1.807) is 0 Å². The fourth-order valence-corrected chi connectivity index (χ4v) is 6.29. The molecule has 0 amide bonds. The SMILES string of the molecule is CC(C)(C)c1ccc([C](=[Zr+2])c2ccc(C(C)(C)C)cc2)cc1.Cc1cc(C(C)(C)C)c[cH-]1.[Cl-].[Cl-].[c-]1cccc2c1Cc1ccccc1-2. The van der Waals surface area contributed by atoms with Crippen molar-refractivity contribution >= 4 is 3.21 Å². The fraction of sp³-hybridized carbons (Fsp3) is 0.318. The molecule has 0 spiro atoms. The number of hydrogen-bond acceptors (Lipinski definition) is 0. The molecule has 0 atom stereocenters. The molecule has 0 bridgehead atoms. The molecule has 5 aromatic carbocycles. The molecular weight excluding hydrogens is 691 g/mol. The Morgan fingerprint density at radius 3 is 1.51 bits per heavy atom. The second-order valence-corrected chi connectivity index (χ2v) is 16.6. The summed E-state index contributed by atoms with van der Waals surface area (Å²) in [6.07, 6.45) is 1.05. The van der Waals surface area contributed by atoms with Gasteiger partial charge < -0.3 is 24.8 Å². The Morgan fingerprint density at radius 1 is 0.617 bits per heavy atom. The van der Waals surface area contributed by atoms with Crippen LogP contribution in [0.25, 0.3) is 11.1 Å². The minimum absolute atomic E-state index is 0. The zero-order valence-electron chi connectivity index (χ0n) is 29.9. The van der Waals surface area contributed by atoms with Gasteiger partial charge in [0.1, 0.15) is 0 Å². The molecule has 0 N–H and O–H groups in total. The van der Waals surface area contributed by atoms with Gasteiger partial charge >= 0.3 is 151 Å². The molecule has 3 heteroatoms. The first-order valence-electron chi connectivity index (χ1n) is 16.2. The summed E-state index contributed by atoms with van der Waals surface area (Å²) >= 11 is 1.46. The molecule has 6 rings (SSSR count). The number of hydrogen-bond donors (Lipinski definition) is 0. The van der Waals surface area contributed by atoms with Crippen molar-refractivity contribution < 1.29 is 49.0 Å². The van der Waals surface area contributed by atoms with Gasteiger partial charge in [-0.1, -0.05) is 68.5 Å². The molecule has 47 heavy (non-hydrogen) atoms. The average Bonchev–Trinajstić information content (AvgIpc) is 3.61. The Morgan fingerprint density at radius 2 is 1.09 bits per heavy atom. The van der Waals surface area contributed by atoms with Crippen LogP contribution >= 0.6 is 0 Å². The minimum atomic E-state index is 0. The van der Waals surface area contributed by atoms with Crippen LogP contribution in [0.1, 0.15) is 107 Å². The first-order valence-corrected chi connectivity index (χ1v) is 17.4. The normalized spacial score (nSPS) is 11.7. The van der Waals surface area contributed by atoms with Crippen LogP contribution in [-0.4, -0.2) is 3.21 Å². The monoisotopic (exact) mass is 738 g/mol. The molecule has 1 aliphatic rings. The molecule has 0 saturated heterocycles. The first-order chi connectivity index (χ1) is 21.0. The number of fused-ring (bicyclic) bond motifs is 3. The van der Waals surface area contributed by atoms with Gasteiger partial charge in [0.25, 0.3) is 0 Å². The number of halogens is 2. The van der Waals surface area contributed by atoms with E-state index in [2.05, 4.69) is 178 Å². The van der Waals surface area contributed by atoms with Crippen molar-refractivity contribution in [3.63, 3.8) is 0 Å². The van der Waals surface area contributed by atoms with Crippen molar-refractivity contribution in [2.45, 2.75) is 91.9 Å². The van der Waals surface area contributed by atoms with Crippen molar-refractivity contribution in [3.8, 4) is 11.1 Å². The molecule has 0 fully saturated rings. The molecule has 0 radical (unpaired) electrons. The Kier molecular flexibility index (Phi) is 14.6. The molecule has 0 heterocycles. The van der Waals surface area contributed by atoms with Gasteiger partial charge in [0.15, 0.2) is 0 Å². The van der Waals surface area contributed by atoms with Gasteiger partial charge in [-0.25, -0.2) is 6.07 Å². The fourth-order valence-electron chi connectivity index (χ4n) is 5.47. The molecule has 0 saturated carbocycles. The Balaban J connectivity index is 0.000000261. The summed E-state index contributed by atoms with van der Waals surface area (Å²) in [5, 5.41) is 0. The summed E-state index contributed by atoms with van der Waals surface area (Å²) in [4.78, 5) is 0.